The molecule has 0 radical (unpaired) electrons. The van der Waals surface area contributed by atoms with E-state index in [9.17, 15) is 5.26 Å². The second-order valence-corrected chi connectivity index (χ2v) is 8.22. The third kappa shape index (κ3) is 3.25. The van der Waals surface area contributed by atoms with E-state index in [-0.39, 0.29) is 11.8 Å². The predicted octanol–water partition coefficient (Wildman–Crippen LogP) is 3.90. The van der Waals surface area contributed by atoms with Gasteiger partial charge in [0.15, 0.2) is 0 Å². The summed E-state index contributed by atoms with van der Waals surface area (Å²) < 4.78 is 11.3. The number of para-hydroxylation sites is 1. The summed E-state index contributed by atoms with van der Waals surface area (Å²) in [5.41, 5.74) is 12.8. The number of nitrogens with zero attached hydrogens (tertiary/aromatic N) is 3. The van der Waals surface area contributed by atoms with Gasteiger partial charge in [-0.25, -0.2) is 0 Å². The molecule has 0 aliphatic carbocycles. The van der Waals surface area contributed by atoms with E-state index in [0.717, 1.165) is 54.1 Å². The normalized spacial score (nSPS) is 17.3. The number of aromatic nitrogens is 2. The molecule has 0 saturated heterocycles. The van der Waals surface area contributed by atoms with Crippen LogP contribution >= 0.6 is 0 Å². The van der Waals surface area contributed by atoms with Crippen LogP contribution in [0.2, 0.25) is 0 Å². The molecule has 32 heavy (non-hydrogen) atoms. The summed E-state index contributed by atoms with van der Waals surface area (Å²) in [6, 6.07) is 16.9. The van der Waals surface area contributed by atoms with Crippen molar-refractivity contribution in [2.75, 3.05) is 18.6 Å². The smallest absolute Gasteiger partial charge is 0.244 e. The van der Waals surface area contributed by atoms with Gasteiger partial charge in [-0.1, -0.05) is 24.3 Å². The Bertz CT molecular complexity index is 1250. The van der Waals surface area contributed by atoms with Gasteiger partial charge in [-0.15, -0.1) is 5.10 Å². The van der Waals surface area contributed by atoms with Gasteiger partial charge in [-0.3, -0.25) is 5.10 Å². The number of H-pyrrole nitrogens is 1. The molecular formula is C25H25N5O2. The van der Waals surface area contributed by atoms with Gasteiger partial charge >= 0.3 is 0 Å². The molecule has 7 heteroatoms. The van der Waals surface area contributed by atoms with Gasteiger partial charge in [0.25, 0.3) is 0 Å². The maximum atomic E-state index is 9.86. The number of aryl methyl sites for hydroxylation is 2. The van der Waals surface area contributed by atoms with Crippen LogP contribution in [0.25, 0.3) is 0 Å². The zero-order valence-electron chi connectivity index (χ0n) is 18.2. The Kier molecular flexibility index (Phi) is 4.98. The lowest BCUT2D eigenvalue weighted by atomic mass is 9.83. The molecular weight excluding hydrogens is 402 g/mol. The topological polar surface area (TPSA) is 100 Å². The van der Waals surface area contributed by atoms with Gasteiger partial charge in [0.1, 0.15) is 17.4 Å². The first-order valence-electron chi connectivity index (χ1n) is 10.7. The standard InChI is InChI=1S/C25H25N5O2/c1-15-22-23(19(13-26)24(27)32-25(22)29-28-15)17-9-10-21(31-2)18(12-17)14-30-11-5-7-16-6-3-4-8-20(16)30/h3-4,6,8-10,12,23H,5,7,11,14,27H2,1-2H3,(H,28,29)/t23-/m1/s1. The van der Waals surface area contributed by atoms with Crippen LogP contribution in [0.5, 0.6) is 11.6 Å². The molecule has 0 saturated carbocycles. The van der Waals surface area contributed by atoms with Gasteiger partial charge in [0.05, 0.1) is 13.0 Å². The second-order valence-electron chi connectivity index (χ2n) is 8.22. The first-order valence-corrected chi connectivity index (χ1v) is 10.7. The quantitative estimate of drug-likeness (QED) is 0.655. The summed E-state index contributed by atoms with van der Waals surface area (Å²) in [7, 11) is 1.69. The fourth-order valence-corrected chi connectivity index (χ4v) is 4.82. The van der Waals surface area contributed by atoms with E-state index in [1.165, 1.54) is 11.3 Å². The minimum absolute atomic E-state index is 0.0961. The summed E-state index contributed by atoms with van der Waals surface area (Å²) in [6.45, 7) is 3.63. The van der Waals surface area contributed by atoms with E-state index >= 15 is 0 Å². The largest absolute Gasteiger partial charge is 0.496 e. The third-order valence-electron chi connectivity index (χ3n) is 6.33. The van der Waals surface area contributed by atoms with Gasteiger partial charge < -0.3 is 20.1 Å². The second kappa shape index (κ2) is 7.97. The predicted molar refractivity (Wildman–Crippen MR) is 121 cm³/mol. The minimum Gasteiger partial charge on any atom is -0.496 e. The molecule has 7 nitrogen and oxygen atoms in total. The average Bonchev–Trinajstić information content (AvgIpc) is 3.18. The maximum absolute atomic E-state index is 9.86. The number of anilines is 1. The molecule has 1 atom stereocenters. The van der Waals surface area contributed by atoms with Gasteiger partial charge in [-0.05, 0) is 49.1 Å². The van der Waals surface area contributed by atoms with Crippen LogP contribution in [0.1, 0.15) is 40.3 Å². The molecule has 3 N–H and O–H groups in total. The fourth-order valence-electron chi connectivity index (χ4n) is 4.82. The highest BCUT2D eigenvalue weighted by Crippen LogP contribution is 2.43. The van der Waals surface area contributed by atoms with Crippen molar-refractivity contribution >= 4 is 5.69 Å². The van der Waals surface area contributed by atoms with Crippen molar-refractivity contribution in [1.29, 1.82) is 5.26 Å². The van der Waals surface area contributed by atoms with Crippen LogP contribution in [0.3, 0.4) is 0 Å². The van der Waals surface area contributed by atoms with E-state index in [1.54, 1.807) is 7.11 Å². The Morgan fingerprint density at radius 3 is 2.97 bits per heavy atom. The summed E-state index contributed by atoms with van der Waals surface area (Å²) in [5, 5.41) is 17.0. The van der Waals surface area contributed by atoms with Crippen molar-refractivity contribution in [1.82, 2.24) is 10.2 Å². The lowest BCUT2D eigenvalue weighted by Crippen LogP contribution is -2.29. The zero-order chi connectivity index (χ0) is 22.2. The molecule has 5 rings (SSSR count). The van der Waals surface area contributed by atoms with Crippen LogP contribution in [-0.2, 0) is 13.0 Å². The molecule has 2 aliphatic heterocycles. The third-order valence-corrected chi connectivity index (χ3v) is 6.33. The summed E-state index contributed by atoms with van der Waals surface area (Å²) >= 11 is 0. The van der Waals surface area contributed by atoms with Crippen LogP contribution in [0, 0.1) is 18.3 Å². The van der Waals surface area contributed by atoms with E-state index in [2.05, 4.69) is 51.5 Å². The lowest BCUT2D eigenvalue weighted by molar-refractivity contribution is 0.378. The number of ether oxygens (including phenoxy) is 2. The Morgan fingerprint density at radius 2 is 2.16 bits per heavy atom. The number of rotatable bonds is 4. The van der Waals surface area contributed by atoms with Crippen molar-refractivity contribution in [3.63, 3.8) is 0 Å². The number of nitriles is 1. The molecule has 0 spiro atoms. The fraction of sp³-hybridized carbons (Fsp3) is 0.280. The number of nitrogens with two attached hydrogens (primary N) is 1. The Hall–Kier alpha value is -3.92. The van der Waals surface area contributed by atoms with Crippen LogP contribution in [-0.4, -0.2) is 23.9 Å². The summed E-state index contributed by atoms with van der Waals surface area (Å²) in [6.07, 6.45) is 2.22. The summed E-state index contributed by atoms with van der Waals surface area (Å²) in [5.74, 6) is 0.995. The number of methoxy groups -OCH3 is 1. The molecule has 2 aliphatic rings. The number of allylic oxidation sites excluding steroid dienone is 1. The zero-order valence-corrected chi connectivity index (χ0v) is 18.2. The Labute approximate surface area is 187 Å². The average molecular weight is 428 g/mol. The van der Waals surface area contributed by atoms with Crippen LogP contribution in [0.15, 0.2) is 53.9 Å². The minimum atomic E-state index is -0.346. The number of fused-ring (bicyclic) bond motifs is 2. The molecule has 2 aromatic carbocycles. The molecule has 0 bridgehead atoms. The van der Waals surface area contributed by atoms with E-state index in [4.69, 9.17) is 15.2 Å². The van der Waals surface area contributed by atoms with Gasteiger partial charge in [0.2, 0.25) is 11.8 Å². The highest BCUT2D eigenvalue weighted by Gasteiger charge is 2.34. The molecule has 0 unspecified atom stereocenters. The first-order chi connectivity index (χ1) is 15.6. The molecule has 3 heterocycles. The molecule has 0 fully saturated rings. The van der Waals surface area contributed by atoms with Crippen molar-refractivity contribution in [3.8, 4) is 17.7 Å². The molecule has 1 aromatic heterocycles. The SMILES string of the molecule is COc1ccc([C@@H]2C(C#N)=C(N)Oc3n[nH]c(C)c32)cc1CN1CCCc2ccccc21. The maximum Gasteiger partial charge on any atom is 0.244 e. The van der Waals surface area contributed by atoms with Crippen molar-refractivity contribution in [2.45, 2.75) is 32.2 Å². The lowest BCUT2D eigenvalue weighted by Gasteiger charge is -2.32. The van der Waals surface area contributed by atoms with Gasteiger partial charge in [-0.2, -0.15) is 5.26 Å². The Balaban J connectivity index is 1.58. The molecule has 3 aromatic rings. The summed E-state index contributed by atoms with van der Waals surface area (Å²) in [4.78, 5) is 2.40. The number of hydrogen-bond donors (Lipinski definition) is 2. The van der Waals surface area contributed by atoms with Crippen molar-refractivity contribution in [2.24, 2.45) is 5.73 Å². The highest BCUT2D eigenvalue weighted by molar-refractivity contribution is 5.59. The molecule has 0 amide bonds. The van der Waals surface area contributed by atoms with E-state index < -0.39 is 0 Å². The van der Waals surface area contributed by atoms with Crippen LogP contribution < -0.4 is 20.1 Å². The monoisotopic (exact) mass is 427 g/mol. The van der Waals surface area contributed by atoms with Crippen molar-refractivity contribution in [3.05, 3.63) is 81.9 Å². The van der Waals surface area contributed by atoms with E-state index in [0.29, 0.717) is 11.5 Å². The Morgan fingerprint density at radius 1 is 1.31 bits per heavy atom. The number of hydrogen-bond acceptors (Lipinski definition) is 6. The highest BCUT2D eigenvalue weighted by atomic mass is 16.5. The number of aromatic amines is 1. The molecule has 162 valence electrons. The van der Waals surface area contributed by atoms with E-state index in [1.807, 2.05) is 19.1 Å². The van der Waals surface area contributed by atoms with Gasteiger partial charge in [0, 0.05) is 35.6 Å². The van der Waals surface area contributed by atoms with Crippen molar-refractivity contribution < 1.29 is 9.47 Å². The number of benzene rings is 2. The number of nitrogens with one attached hydrogen (secondary N) is 1. The van der Waals surface area contributed by atoms with Crippen LogP contribution in [0.4, 0.5) is 5.69 Å². The first kappa shape index (κ1) is 20.0.